The lowest BCUT2D eigenvalue weighted by atomic mass is 9.62. The van der Waals surface area contributed by atoms with E-state index in [9.17, 15) is 5.26 Å². The van der Waals surface area contributed by atoms with Crippen molar-refractivity contribution in [1.82, 2.24) is 25.3 Å². The Kier molecular flexibility index (Phi) is 7.28. The Labute approximate surface area is 268 Å². The molecule has 0 aromatic carbocycles. The van der Waals surface area contributed by atoms with Gasteiger partial charge in [-0.25, -0.2) is 4.98 Å². The number of piperazine rings is 1. The topological polar surface area (TPSA) is 139 Å². The first-order chi connectivity index (χ1) is 21.9. The van der Waals surface area contributed by atoms with Crippen molar-refractivity contribution in [2.24, 2.45) is 0 Å². The highest BCUT2D eigenvalue weighted by Gasteiger charge is 2.49. The Hall–Kier alpha value is -3.24. The number of aryl methyl sites for hydroxylation is 1. The monoisotopic (exact) mass is 630 g/mol. The minimum atomic E-state index is -0.371. The van der Waals surface area contributed by atoms with Crippen molar-refractivity contribution in [2.75, 3.05) is 57.1 Å². The van der Waals surface area contributed by atoms with Gasteiger partial charge >= 0.3 is 0 Å². The minimum Gasteiger partial charge on any atom is -0.473 e. The average Bonchev–Trinajstić information content (AvgIpc) is 3.84. The molecule has 3 aromatic rings. The van der Waals surface area contributed by atoms with Crippen LogP contribution in [0.3, 0.4) is 0 Å². The molecule has 0 amide bonds. The number of nitrogens with one attached hydrogen (secondary N) is 1. The Bertz CT molecular complexity index is 1640. The predicted molar refractivity (Wildman–Crippen MR) is 172 cm³/mol. The van der Waals surface area contributed by atoms with E-state index in [1.807, 2.05) is 6.07 Å². The van der Waals surface area contributed by atoms with Gasteiger partial charge in [-0.3, -0.25) is 4.90 Å². The maximum atomic E-state index is 10.1. The predicted octanol–water partition coefficient (Wildman–Crippen LogP) is 4.04. The van der Waals surface area contributed by atoms with Crippen molar-refractivity contribution in [3.05, 3.63) is 33.3 Å². The number of rotatable bonds is 5. The smallest absolute Gasteiger partial charge is 0.219 e. The molecule has 3 N–H and O–H groups in total. The van der Waals surface area contributed by atoms with Gasteiger partial charge in [-0.05, 0) is 83.9 Å². The number of likely N-dealkylation sites (tertiary alicyclic amines) is 1. The van der Waals surface area contributed by atoms with Crippen LogP contribution < -0.4 is 20.7 Å². The summed E-state index contributed by atoms with van der Waals surface area (Å²) in [5.41, 5.74) is 9.53. The maximum absolute atomic E-state index is 10.1. The molecule has 6 heterocycles. The van der Waals surface area contributed by atoms with Gasteiger partial charge in [0, 0.05) is 54.2 Å². The highest BCUT2D eigenvalue weighted by Crippen LogP contribution is 2.54. The van der Waals surface area contributed by atoms with E-state index in [0.29, 0.717) is 40.7 Å². The van der Waals surface area contributed by atoms with E-state index in [1.54, 1.807) is 11.3 Å². The lowest BCUT2D eigenvalue weighted by Gasteiger charge is -2.45. The fourth-order valence-corrected chi connectivity index (χ4v) is 10.1. The molecule has 5 aliphatic rings. The van der Waals surface area contributed by atoms with Crippen molar-refractivity contribution in [3.8, 4) is 23.5 Å². The molecule has 0 unspecified atom stereocenters. The second kappa shape index (κ2) is 11.2. The van der Waals surface area contributed by atoms with Crippen LogP contribution in [0, 0.1) is 11.3 Å². The Morgan fingerprint density at radius 3 is 2.84 bits per heavy atom. The number of likely N-dealkylation sites (N-methyl/N-ethyl adjacent to an activating group) is 1. The summed E-state index contributed by atoms with van der Waals surface area (Å²) in [6.07, 6.45) is 8.82. The zero-order valence-corrected chi connectivity index (χ0v) is 27.0. The molecule has 8 rings (SSSR count). The summed E-state index contributed by atoms with van der Waals surface area (Å²) in [5.74, 6) is 2.52. The number of fused-ring (bicyclic) bond motifs is 4. The number of nitrogen functional groups attached to an aromatic ring is 1. The van der Waals surface area contributed by atoms with E-state index in [0.717, 1.165) is 107 Å². The zero-order chi connectivity index (χ0) is 30.8. The van der Waals surface area contributed by atoms with E-state index in [2.05, 4.69) is 35.2 Å². The number of thiophene rings is 1. The van der Waals surface area contributed by atoms with Crippen LogP contribution in [0.2, 0.25) is 0 Å². The summed E-state index contributed by atoms with van der Waals surface area (Å²) in [6, 6.07) is 4.77. The highest BCUT2D eigenvalue weighted by molar-refractivity contribution is 7.16. The quantitative estimate of drug-likeness (QED) is 0.422. The molecule has 3 aromatic heterocycles. The molecule has 3 fully saturated rings. The lowest BCUT2D eigenvalue weighted by Crippen LogP contribution is -2.62. The van der Waals surface area contributed by atoms with Crippen molar-refractivity contribution in [2.45, 2.75) is 87.8 Å². The number of nitrogens with zero attached hydrogens (tertiary/aromatic N) is 6. The zero-order valence-electron chi connectivity index (χ0n) is 26.2. The normalized spacial score (nSPS) is 28.7. The van der Waals surface area contributed by atoms with Crippen molar-refractivity contribution in [3.63, 3.8) is 0 Å². The van der Waals surface area contributed by atoms with Crippen LogP contribution in [-0.4, -0.2) is 84.1 Å². The molecule has 3 aliphatic heterocycles. The van der Waals surface area contributed by atoms with E-state index < -0.39 is 0 Å². The molecule has 238 valence electrons. The van der Waals surface area contributed by atoms with Crippen LogP contribution in [0.5, 0.6) is 5.88 Å². The number of hydrogen-bond donors (Lipinski definition) is 2. The average molecular weight is 631 g/mol. The number of hydrogen-bond acceptors (Lipinski definition) is 12. The molecule has 0 bridgehead atoms. The molecule has 12 heteroatoms. The molecule has 45 heavy (non-hydrogen) atoms. The number of ether oxygens (including phenoxy) is 2. The highest BCUT2D eigenvalue weighted by atomic mass is 32.1. The van der Waals surface area contributed by atoms with Gasteiger partial charge in [-0.15, -0.1) is 11.3 Å². The van der Waals surface area contributed by atoms with Gasteiger partial charge in [-0.2, -0.15) is 10.2 Å². The molecule has 3 saturated heterocycles. The van der Waals surface area contributed by atoms with Gasteiger partial charge < -0.3 is 29.9 Å². The molecule has 0 radical (unpaired) electrons. The number of nitrogens with two attached hydrogens (primary N) is 1. The van der Waals surface area contributed by atoms with Crippen LogP contribution >= 0.6 is 11.3 Å². The fraction of sp³-hybridized carbons (Fsp3) is 0.636. The second-order valence-corrected chi connectivity index (χ2v) is 14.8. The lowest BCUT2D eigenvalue weighted by molar-refractivity contribution is 0.117. The second-order valence-electron chi connectivity index (χ2n) is 13.6. The fourth-order valence-electron chi connectivity index (χ4n) is 8.89. The van der Waals surface area contributed by atoms with Gasteiger partial charge in [0.15, 0.2) is 0 Å². The van der Waals surface area contributed by atoms with Crippen LogP contribution in [0.4, 0.5) is 10.8 Å². The number of nitriles is 1. The SMILES string of the molecule is C[C@H](Oc1cc(N2CCNC[C@@]23CCOC3)nc(-c2onc3c2CCC[C@@]32CCCc3sc(N)c(C#N)c32)n1)[C@@H]1CCCN1C. The van der Waals surface area contributed by atoms with Crippen LogP contribution in [0.25, 0.3) is 11.6 Å². The molecular weight excluding hydrogens is 588 g/mol. The van der Waals surface area contributed by atoms with Crippen molar-refractivity contribution >= 4 is 22.2 Å². The van der Waals surface area contributed by atoms with Crippen LogP contribution in [0.15, 0.2) is 10.6 Å². The maximum Gasteiger partial charge on any atom is 0.219 e. The molecule has 4 atom stereocenters. The number of anilines is 2. The van der Waals surface area contributed by atoms with E-state index in [4.69, 9.17) is 34.9 Å². The largest absolute Gasteiger partial charge is 0.473 e. The molecule has 11 nitrogen and oxygen atoms in total. The third-order valence-electron chi connectivity index (χ3n) is 11.1. The third-order valence-corrected chi connectivity index (χ3v) is 12.2. The molecular formula is C33H42N8O3S. The minimum absolute atomic E-state index is 0.0269. The summed E-state index contributed by atoms with van der Waals surface area (Å²) in [4.78, 5) is 16.2. The van der Waals surface area contributed by atoms with Crippen molar-refractivity contribution in [1.29, 1.82) is 5.26 Å². The van der Waals surface area contributed by atoms with E-state index in [-0.39, 0.29) is 17.1 Å². The first kappa shape index (κ1) is 29.2. The molecule has 0 saturated carbocycles. The first-order valence-electron chi connectivity index (χ1n) is 16.6. The van der Waals surface area contributed by atoms with Crippen LogP contribution in [0.1, 0.15) is 79.1 Å². The Balaban J connectivity index is 1.23. The summed E-state index contributed by atoms with van der Waals surface area (Å²) in [5, 5.41) is 19.1. The third kappa shape index (κ3) is 4.65. The summed E-state index contributed by atoms with van der Waals surface area (Å²) < 4.78 is 18.8. The Morgan fingerprint density at radius 2 is 2.07 bits per heavy atom. The summed E-state index contributed by atoms with van der Waals surface area (Å²) >= 11 is 1.56. The summed E-state index contributed by atoms with van der Waals surface area (Å²) in [6.45, 7) is 7.16. The standard InChI is InChI=1S/C33H42N8O3S/c1-20(23-7-5-13-40(23)2)43-26-16-25(41-14-12-36-18-32(41)11-15-42-19-32)37-31(38-26)28-21-6-3-9-33(29(21)39-44-28)10-4-8-24-27(33)22(17-34)30(35)45-24/h16,20,23,36H,3-15,18-19,35H2,1-2H3/t20-,23-,32+,33-/m0/s1. The van der Waals surface area contributed by atoms with Gasteiger partial charge in [0.2, 0.25) is 17.5 Å². The van der Waals surface area contributed by atoms with Crippen LogP contribution in [-0.2, 0) is 23.0 Å². The van der Waals surface area contributed by atoms with Crippen molar-refractivity contribution < 1.29 is 14.0 Å². The van der Waals surface area contributed by atoms with E-state index >= 15 is 0 Å². The van der Waals surface area contributed by atoms with Gasteiger partial charge in [0.05, 0.1) is 23.4 Å². The first-order valence-corrected chi connectivity index (χ1v) is 17.4. The number of aromatic nitrogens is 3. The molecule has 2 spiro atoms. The van der Waals surface area contributed by atoms with Gasteiger partial charge in [-0.1, -0.05) is 5.16 Å². The van der Waals surface area contributed by atoms with E-state index in [1.165, 1.54) is 11.3 Å². The molecule has 2 aliphatic carbocycles. The Morgan fingerprint density at radius 1 is 1.20 bits per heavy atom. The van der Waals surface area contributed by atoms with Gasteiger partial charge in [0.1, 0.15) is 23.0 Å². The summed E-state index contributed by atoms with van der Waals surface area (Å²) in [7, 11) is 2.17. The van der Waals surface area contributed by atoms with Gasteiger partial charge in [0.25, 0.3) is 0 Å².